The van der Waals surface area contributed by atoms with E-state index in [-0.39, 0.29) is 11.8 Å². The minimum absolute atomic E-state index is 0.161. The van der Waals surface area contributed by atoms with Crippen molar-refractivity contribution in [3.8, 4) is 0 Å². The Balaban J connectivity index is 0.000000413. The molecule has 1 aromatic rings. The summed E-state index contributed by atoms with van der Waals surface area (Å²) in [4.78, 5) is 20.7. The molecule has 2 N–H and O–H groups in total. The van der Waals surface area contributed by atoms with Crippen LogP contribution in [0.1, 0.15) is 38.2 Å². The van der Waals surface area contributed by atoms with Gasteiger partial charge in [-0.3, -0.25) is 9.59 Å². The van der Waals surface area contributed by atoms with Crippen LogP contribution < -0.4 is 10.6 Å². The molecule has 4 nitrogen and oxygen atoms in total. The Bertz CT molecular complexity index is 522. The Hall–Kier alpha value is -1.89. The molecule has 0 unspecified atom stereocenters. The van der Waals surface area contributed by atoms with Gasteiger partial charge >= 0.3 is 6.18 Å². The van der Waals surface area contributed by atoms with E-state index in [0.29, 0.717) is 5.92 Å². The van der Waals surface area contributed by atoms with Crippen LogP contribution in [-0.2, 0) is 9.59 Å². The number of rotatable bonds is 3. The van der Waals surface area contributed by atoms with E-state index in [4.69, 9.17) is 4.79 Å². The van der Waals surface area contributed by atoms with Gasteiger partial charge in [-0.15, -0.1) is 0 Å². The third-order valence-electron chi connectivity index (χ3n) is 3.69. The van der Waals surface area contributed by atoms with Gasteiger partial charge in [-0.05, 0) is 49.5 Å². The average molecular weight is 344 g/mol. The van der Waals surface area contributed by atoms with Gasteiger partial charge in [0.25, 0.3) is 0 Å². The number of anilines is 1. The summed E-state index contributed by atoms with van der Waals surface area (Å²) in [5.41, 5.74) is 2.21. The lowest BCUT2D eigenvalue weighted by atomic mass is 9.97. The first-order valence-corrected chi connectivity index (χ1v) is 7.87. The van der Waals surface area contributed by atoms with Crippen molar-refractivity contribution < 1.29 is 22.8 Å². The second-order valence-electron chi connectivity index (χ2n) is 5.95. The maximum Gasteiger partial charge on any atom is 0.446 e. The highest BCUT2D eigenvalue weighted by atomic mass is 19.4. The Kier molecular flexibility index (Phi) is 7.91. The maximum absolute atomic E-state index is 12.0. The predicted octanol–water partition coefficient (Wildman–Crippen LogP) is 3.50. The van der Waals surface area contributed by atoms with Gasteiger partial charge in [-0.1, -0.05) is 26.0 Å². The Morgan fingerprint density at radius 2 is 1.71 bits per heavy atom. The number of hydrogen-bond donors (Lipinski definition) is 2. The van der Waals surface area contributed by atoms with Crippen LogP contribution in [0.25, 0.3) is 0 Å². The first-order chi connectivity index (χ1) is 11.2. The van der Waals surface area contributed by atoms with Crippen LogP contribution in [0.15, 0.2) is 24.3 Å². The van der Waals surface area contributed by atoms with Gasteiger partial charge in [0.2, 0.25) is 12.2 Å². The molecule has 7 heteroatoms. The molecule has 1 amide bonds. The van der Waals surface area contributed by atoms with Crippen molar-refractivity contribution in [1.82, 2.24) is 5.32 Å². The van der Waals surface area contributed by atoms with Gasteiger partial charge < -0.3 is 10.6 Å². The Labute approximate surface area is 139 Å². The van der Waals surface area contributed by atoms with Crippen LogP contribution in [-0.4, -0.2) is 31.5 Å². The molecule has 1 heterocycles. The third kappa shape index (κ3) is 7.59. The average Bonchev–Trinajstić information content (AvgIpc) is 2.56. The summed E-state index contributed by atoms with van der Waals surface area (Å²) in [5.74, 6) is 0.851. The van der Waals surface area contributed by atoms with Crippen LogP contribution >= 0.6 is 0 Å². The molecule has 0 aromatic heterocycles. The number of alkyl halides is 3. The Morgan fingerprint density at radius 3 is 2.12 bits per heavy atom. The number of nitrogens with one attached hydrogen (secondary N) is 2. The van der Waals surface area contributed by atoms with Gasteiger partial charge in [-0.25, -0.2) is 0 Å². The lowest BCUT2D eigenvalue weighted by Gasteiger charge is -2.21. The zero-order chi connectivity index (χ0) is 18.2. The molecule has 134 valence electrons. The normalized spacial score (nSPS) is 15.4. The molecule has 1 aromatic carbocycles. The van der Waals surface area contributed by atoms with Gasteiger partial charge in [-0.2, -0.15) is 13.2 Å². The van der Waals surface area contributed by atoms with Crippen molar-refractivity contribution in [3.63, 3.8) is 0 Å². The second kappa shape index (κ2) is 9.42. The number of carbonyl (C=O) groups is 2. The molecule has 0 saturated carbocycles. The maximum atomic E-state index is 12.0. The summed E-state index contributed by atoms with van der Waals surface area (Å²) in [6.45, 7) is 6.24. The van der Waals surface area contributed by atoms with Gasteiger partial charge in [0, 0.05) is 11.6 Å². The molecule has 0 spiro atoms. The smallest absolute Gasteiger partial charge is 0.326 e. The van der Waals surface area contributed by atoms with Gasteiger partial charge in [0.1, 0.15) is 0 Å². The SMILES string of the molecule is CC(C)c1ccc(NC(=O)C2CCNCC2)cc1.O=CC(F)(F)F. The number of piperidine rings is 1. The minimum Gasteiger partial charge on any atom is -0.326 e. The zero-order valence-electron chi connectivity index (χ0n) is 13.8. The van der Waals surface area contributed by atoms with Crippen molar-refractivity contribution in [2.24, 2.45) is 5.92 Å². The quantitative estimate of drug-likeness (QED) is 0.825. The number of halogens is 3. The molecule has 0 aliphatic carbocycles. The fourth-order valence-corrected chi connectivity index (χ4v) is 2.28. The van der Waals surface area contributed by atoms with Crippen molar-refractivity contribution in [3.05, 3.63) is 29.8 Å². The number of benzene rings is 1. The Morgan fingerprint density at radius 1 is 1.21 bits per heavy atom. The van der Waals surface area contributed by atoms with E-state index < -0.39 is 12.5 Å². The van der Waals surface area contributed by atoms with Crippen LogP contribution in [0.2, 0.25) is 0 Å². The molecule has 0 bridgehead atoms. The summed E-state index contributed by atoms with van der Waals surface area (Å²) >= 11 is 0. The van der Waals surface area contributed by atoms with Crippen LogP contribution in [0.5, 0.6) is 0 Å². The molecule has 0 atom stereocenters. The highest BCUT2D eigenvalue weighted by Gasteiger charge is 2.25. The molecular weight excluding hydrogens is 321 g/mol. The topological polar surface area (TPSA) is 58.2 Å². The summed E-state index contributed by atoms with van der Waals surface area (Å²) in [6.07, 6.45) is -3.82. The van der Waals surface area contributed by atoms with E-state index in [1.807, 2.05) is 12.1 Å². The monoisotopic (exact) mass is 344 g/mol. The third-order valence-corrected chi connectivity index (χ3v) is 3.69. The van der Waals surface area contributed by atoms with Crippen molar-refractivity contribution >= 4 is 17.9 Å². The molecule has 0 radical (unpaired) electrons. The largest absolute Gasteiger partial charge is 0.446 e. The summed E-state index contributed by atoms with van der Waals surface area (Å²) < 4.78 is 31.2. The van der Waals surface area contributed by atoms with Gasteiger partial charge in [0.05, 0.1) is 0 Å². The molecule has 1 aliphatic rings. The number of amides is 1. The summed E-state index contributed by atoms with van der Waals surface area (Å²) in [5, 5.41) is 6.28. The lowest BCUT2D eigenvalue weighted by Crippen LogP contribution is -2.34. The number of hydrogen-bond acceptors (Lipinski definition) is 3. The molecule has 1 fully saturated rings. The summed E-state index contributed by atoms with van der Waals surface area (Å²) in [7, 11) is 0. The van der Waals surface area contributed by atoms with E-state index in [0.717, 1.165) is 31.6 Å². The minimum atomic E-state index is -4.64. The van der Waals surface area contributed by atoms with Gasteiger partial charge in [0.15, 0.2) is 0 Å². The molecule has 1 saturated heterocycles. The standard InChI is InChI=1S/C15H22N2O.C2HF3O/c1-11(2)12-3-5-14(6-4-12)17-15(18)13-7-9-16-10-8-13;3-2(4,5)1-6/h3-6,11,13,16H,7-10H2,1-2H3,(H,17,18);1H. The number of carbonyl (C=O) groups excluding carboxylic acids is 2. The fraction of sp³-hybridized carbons (Fsp3) is 0.529. The highest BCUT2D eigenvalue weighted by Crippen LogP contribution is 2.19. The zero-order valence-corrected chi connectivity index (χ0v) is 13.8. The van der Waals surface area contributed by atoms with E-state index in [2.05, 4.69) is 36.6 Å². The van der Waals surface area contributed by atoms with Crippen molar-refractivity contribution in [1.29, 1.82) is 0 Å². The second-order valence-corrected chi connectivity index (χ2v) is 5.95. The van der Waals surface area contributed by atoms with E-state index in [1.54, 1.807) is 0 Å². The van der Waals surface area contributed by atoms with Crippen molar-refractivity contribution in [2.45, 2.75) is 38.8 Å². The molecule has 1 aliphatic heterocycles. The first-order valence-electron chi connectivity index (χ1n) is 7.87. The van der Waals surface area contributed by atoms with E-state index in [9.17, 15) is 18.0 Å². The summed E-state index contributed by atoms with van der Waals surface area (Å²) in [6, 6.07) is 8.16. The predicted molar refractivity (Wildman–Crippen MR) is 86.9 cm³/mol. The fourth-order valence-electron chi connectivity index (χ4n) is 2.28. The molecular formula is C17H23F3N2O2. The van der Waals surface area contributed by atoms with E-state index in [1.165, 1.54) is 5.56 Å². The molecule has 24 heavy (non-hydrogen) atoms. The van der Waals surface area contributed by atoms with Crippen LogP contribution in [0.3, 0.4) is 0 Å². The van der Waals surface area contributed by atoms with Crippen LogP contribution in [0, 0.1) is 5.92 Å². The lowest BCUT2D eigenvalue weighted by molar-refractivity contribution is -0.156. The highest BCUT2D eigenvalue weighted by molar-refractivity contribution is 5.92. The van der Waals surface area contributed by atoms with Crippen LogP contribution in [0.4, 0.5) is 18.9 Å². The molecule has 2 rings (SSSR count). The number of aldehydes is 1. The first kappa shape index (κ1) is 20.2. The van der Waals surface area contributed by atoms with Crippen molar-refractivity contribution in [2.75, 3.05) is 18.4 Å². The van der Waals surface area contributed by atoms with E-state index >= 15 is 0 Å².